The summed E-state index contributed by atoms with van der Waals surface area (Å²) in [6.07, 6.45) is 3.34. The lowest BCUT2D eigenvalue weighted by molar-refractivity contribution is 0.484. The predicted molar refractivity (Wildman–Crippen MR) is 209 cm³/mol. The lowest BCUT2D eigenvalue weighted by Crippen LogP contribution is -2.29. The van der Waals surface area contributed by atoms with E-state index in [0.717, 1.165) is 17.8 Å². The first-order chi connectivity index (χ1) is 24.8. The van der Waals surface area contributed by atoms with Gasteiger partial charge in [0.2, 0.25) is 0 Å². The molecule has 0 aliphatic carbocycles. The SMILES string of the molecule is C1=C(c2ccccc2)C[C@H](c2ccc3c(c2)c2ccc4c5ccccc5n(-c5ccccc5)c4c2n3-c2ccccc2)NC1c1ccccc1. The van der Waals surface area contributed by atoms with Crippen molar-refractivity contribution in [1.29, 1.82) is 0 Å². The summed E-state index contributed by atoms with van der Waals surface area (Å²) in [5.41, 5.74) is 12.4. The number of rotatable bonds is 5. The molecule has 1 unspecified atom stereocenters. The van der Waals surface area contributed by atoms with E-state index in [1.165, 1.54) is 65.9 Å². The zero-order valence-corrected chi connectivity index (χ0v) is 27.6. The highest BCUT2D eigenvalue weighted by Gasteiger charge is 2.27. The maximum atomic E-state index is 4.03. The van der Waals surface area contributed by atoms with E-state index in [1.54, 1.807) is 0 Å². The van der Waals surface area contributed by atoms with Gasteiger partial charge in [0.15, 0.2) is 0 Å². The lowest BCUT2D eigenvalue weighted by atomic mass is 9.87. The van der Waals surface area contributed by atoms with Crippen molar-refractivity contribution in [2.24, 2.45) is 0 Å². The van der Waals surface area contributed by atoms with E-state index in [2.05, 4.69) is 196 Å². The molecule has 0 bridgehead atoms. The Bertz CT molecular complexity index is 2690. The molecule has 0 amide bonds. The van der Waals surface area contributed by atoms with E-state index in [9.17, 15) is 0 Å². The number of hydrogen-bond acceptors (Lipinski definition) is 1. The number of hydrogen-bond donors (Lipinski definition) is 1. The van der Waals surface area contributed by atoms with Gasteiger partial charge in [-0.2, -0.15) is 0 Å². The molecule has 3 heterocycles. The van der Waals surface area contributed by atoms with Gasteiger partial charge in [0.05, 0.1) is 28.1 Å². The molecule has 7 aromatic carbocycles. The van der Waals surface area contributed by atoms with Crippen molar-refractivity contribution in [2.45, 2.75) is 18.5 Å². The van der Waals surface area contributed by atoms with Crippen LogP contribution >= 0.6 is 0 Å². The molecule has 1 aliphatic rings. The fraction of sp³-hybridized carbons (Fsp3) is 0.0638. The maximum Gasteiger partial charge on any atom is 0.0788 e. The van der Waals surface area contributed by atoms with Crippen molar-refractivity contribution in [1.82, 2.24) is 14.5 Å². The molecule has 0 fully saturated rings. The van der Waals surface area contributed by atoms with Crippen LogP contribution in [0.3, 0.4) is 0 Å². The predicted octanol–water partition coefficient (Wildman–Crippen LogP) is 11.7. The van der Waals surface area contributed by atoms with Crippen LogP contribution in [0.15, 0.2) is 182 Å². The molecule has 9 aromatic rings. The molecular formula is C47H35N3. The van der Waals surface area contributed by atoms with Crippen molar-refractivity contribution in [2.75, 3.05) is 0 Å². The van der Waals surface area contributed by atoms with Crippen molar-refractivity contribution in [3.63, 3.8) is 0 Å². The Morgan fingerprint density at radius 1 is 0.440 bits per heavy atom. The number of fused-ring (bicyclic) bond motifs is 7. The molecule has 10 rings (SSSR count). The third-order valence-corrected chi connectivity index (χ3v) is 10.5. The standard InChI is InChI=1S/C47H35N3/c1-5-15-32(16-6-1)35-30-42(33-17-7-2-8-18-33)48-43(31-35)34-25-28-45-41(29-34)40-27-26-39-38-23-13-14-24-44(38)49(36-19-9-3-10-20-36)46(39)47(40)50(45)37-21-11-4-12-22-37/h1-30,42-43,48H,31H2/t42?,43-/m1/s1. The van der Waals surface area contributed by atoms with Crippen molar-refractivity contribution in [3.8, 4) is 11.4 Å². The molecule has 2 aromatic heterocycles. The van der Waals surface area contributed by atoms with Crippen LogP contribution in [0.5, 0.6) is 0 Å². The first-order valence-electron chi connectivity index (χ1n) is 17.5. The summed E-state index contributed by atoms with van der Waals surface area (Å²) in [5, 5.41) is 9.07. The third-order valence-electron chi connectivity index (χ3n) is 10.5. The van der Waals surface area contributed by atoms with Crippen LogP contribution in [-0.2, 0) is 0 Å². The van der Waals surface area contributed by atoms with Crippen LogP contribution in [0, 0.1) is 0 Å². The highest BCUT2D eigenvalue weighted by molar-refractivity contribution is 6.23. The summed E-state index contributed by atoms with van der Waals surface area (Å²) in [6.45, 7) is 0. The second kappa shape index (κ2) is 11.8. The van der Waals surface area contributed by atoms with Crippen molar-refractivity contribution < 1.29 is 0 Å². The molecule has 3 heteroatoms. The molecule has 0 saturated carbocycles. The summed E-state index contributed by atoms with van der Waals surface area (Å²) < 4.78 is 4.93. The van der Waals surface area contributed by atoms with E-state index in [-0.39, 0.29) is 12.1 Å². The Morgan fingerprint density at radius 3 is 1.64 bits per heavy atom. The molecule has 50 heavy (non-hydrogen) atoms. The van der Waals surface area contributed by atoms with Gasteiger partial charge in [0.1, 0.15) is 0 Å². The van der Waals surface area contributed by atoms with E-state index in [0.29, 0.717) is 0 Å². The zero-order chi connectivity index (χ0) is 33.0. The van der Waals surface area contributed by atoms with Crippen molar-refractivity contribution >= 4 is 49.2 Å². The number of benzene rings is 7. The summed E-state index contributed by atoms with van der Waals surface area (Å²) in [7, 11) is 0. The fourth-order valence-corrected chi connectivity index (χ4v) is 8.22. The van der Waals surface area contributed by atoms with Gasteiger partial charge in [-0.25, -0.2) is 0 Å². The molecular weight excluding hydrogens is 607 g/mol. The number of aromatic nitrogens is 2. The molecule has 1 N–H and O–H groups in total. The summed E-state index contributed by atoms with van der Waals surface area (Å²) in [6, 6.07) is 64.2. The molecule has 2 atom stereocenters. The normalized spacial score (nSPS) is 16.4. The van der Waals surface area contributed by atoms with Crippen LogP contribution in [-0.4, -0.2) is 9.13 Å². The second-order valence-corrected chi connectivity index (χ2v) is 13.4. The summed E-state index contributed by atoms with van der Waals surface area (Å²) in [5.74, 6) is 0. The molecule has 0 saturated heterocycles. The quantitative estimate of drug-likeness (QED) is 0.198. The van der Waals surface area contributed by atoms with E-state index in [4.69, 9.17) is 0 Å². The largest absolute Gasteiger partial charge is 0.307 e. The first kappa shape index (κ1) is 28.8. The van der Waals surface area contributed by atoms with Gasteiger partial charge < -0.3 is 9.13 Å². The molecule has 238 valence electrons. The summed E-state index contributed by atoms with van der Waals surface area (Å²) in [4.78, 5) is 0. The molecule has 3 nitrogen and oxygen atoms in total. The smallest absolute Gasteiger partial charge is 0.0788 e. The first-order valence-corrected chi connectivity index (χ1v) is 17.5. The maximum absolute atomic E-state index is 4.03. The van der Waals surface area contributed by atoms with Gasteiger partial charge in [0, 0.05) is 39.0 Å². The summed E-state index contributed by atoms with van der Waals surface area (Å²) >= 11 is 0. The van der Waals surface area contributed by atoms with E-state index >= 15 is 0 Å². The average molecular weight is 642 g/mol. The lowest BCUT2D eigenvalue weighted by Gasteiger charge is -2.31. The third kappa shape index (κ3) is 4.62. The van der Waals surface area contributed by atoms with E-state index < -0.39 is 0 Å². The van der Waals surface area contributed by atoms with Crippen LogP contribution in [0.1, 0.15) is 35.2 Å². The minimum absolute atomic E-state index is 0.118. The van der Waals surface area contributed by atoms with Crippen LogP contribution < -0.4 is 5.32 Å². The Labute approximate surface area is 291 Å². The fourth-order valence-electron chi connectivity index (χ4n) is 8.22. The minimum Gasteiger partial charge on any atom is -0.307 e. The van der Waals surface area contributed by atoms with E-state index in [1.807, 2.05) is 0 Å². The Morgan fingerprint density at radius 2 is 0.980 bits per heavy atom. The number of nitrogens with zero attached hydrogens (tertiary/aromatic N) is 2. The zero-order valence-electron chi connectivity index (χ0n) is 27.6. The highest BCUT2D eigenvalue weighted by Crippen LogP contribution is 2.43. The van der Waals surface area contributed by atoms with Crippen LogP contribution in [0.25, 0.3) is 60.6 Å². The molecule has 0 spiro atoms. The van der Waals surface area contributed by atoms with Crippen molar-refractivity contribution in [3.05, 3.63) is 199 Å². The van der Waals surface area contributed by atoms with Gasteiger partial charge in [-0.1, -0.05) is 140 Å². The molecule has 1 aliphatic heterocycles. The average Bonchev–Trinajstić information content (AvgIpc) is 3.72. The number of para-hydroxylation sites is 3. The molecule has 0 radical (unpaired) electrons. The highest BCUT2D eigenvalue weighted by atomic mass is 15.0. The Balaban J connectivity index is 1.23. The van der Waals surface area contributed by atoms with Gasteiger partial charge in [-0.05, 0) is 71.1 Å². The van der Waals surface area contributed by atoms with Gasteiger partial charge in [-0.15, -0.1) is 0 Å². The Kier molecular flexibility index (Phi) is 6.78. The monoisotopic (exact) mass is 641 g/mol. The van der Waals surface area contributed by atoms with Gasteiger partial charge >= 0.3 is 0 Å². The minimum atomic E-state index is 0.118. The van der Waals surface area contributed by atoms with Gasteiger partial charge in [0.25, 0.3) is 0 Å². The van der Waals surface area contributed by atoms with Crippen LogP contribution in [0.4, 0.5) is 0 Å². The van der Waals surface area contributed by atoms with Gasteiger partial charge in [-0.3, -0.25) is 5.32 Å². The topological polar surface area (TPSA) is 21.9 Å². The number of nitrogens with one attached hydrogen (secondary N) is 1. The van der Waals surface area contributed by atoms with Crippen LogP contribution in [0.2, 0.25) is 0 Å². The second-order valence-electron chi connectivity index (χ2n) is 13.4. The Hall–Kier alpha value is -6.16.